The summed E-state index contributed by atoms with van der Waals surface area (Å²) in [4.78, 5) is 17.3. The Morgan fingerprint density at radius 3 is 2.83 bits per heavy atom. The van der Waals surface area contributed by atoms with E-state index in [9.17, 15) is 9.90 Å². The third-order valence-corrected chi connectivity index (χ3v) is 3.67. The highest BCUT2D eigenvalue weighted by molar-refractivity contribution is 5.89. The molecule has 0 aromatic carbocycles. The SMILES string of the molecule is Cc1nc(N2CCC(C)C2CO)ccc1C(=O)O. The van der Waals surface area contributed by atoms with Crippen molar-refractivity contribution in [1.82, 2.24) is 4.98 Å². The third kappa shape index (κ3) is 2.18. The van der Waals surface area contributed by atoms with E-state index in [2.05, 4.69) is 16.8 Å². The number of carbonyl (C=O) groups is 1. The van der Waals surface area contributed by atoms with Gasteiger partial charge in [-0.05, 0) is 31.4 Å². The number of aromatic nitrogens is 1. The highest BCUT2D eigenvalue weighted by Crippen LogP contribution is 2.28. The Bertz CT molecular complexity index is 462. The molecule has 2 atom stereocenters. The summed E-state index contributed by atoms with van der Waals surface area (Å²) in [6, 6.07) is 3.38. The summed E-state index contributed by atoms with van der Waals surface area (Å²) >= 11 is 0. The number of aliphatic hydroxyl groups excluding tert-OH is 1. The van der Waals surface area contributed by atoms with Crippen molar-refractivity contribution in [3.8, 4) is 0 Å². The molecule has 1 saturated heterocycles. The van der Waals surface area contributed by atoms with Crippen LogP contribution >= 0.6 is 0 Å². The summed E-state index contributed by atoms with van der Waals surface area (Å²) in [5.74, 6) is 0.220. The average molecular weight is 250 g/mol. The van der Waals surface area contributed by atoms with Crippen LogP contribution in [0.4, 0.5) is 5.82 Å². The summed E-state index contributed by atoms with van der Waals surface area (Å²) in [5, 5.41) is 18.4. The number of hydrogen-bond acceptors (Lipinski definition) is 4. The minimum atomic E-state index is -0.958. The van der Waals surface area contributed by atoms with Crippen molar-refractivity contribution < 1.29 is 15.0 Å². The van der Waals surface area contributed by atoms with Crippen LogP contribution in [0.5, 0.6) is 0 Å². The van der Waals surface area contributed by atoms with Crippen LogP contribution < -0.4 is 4.90 Å². The van der Waals surface area contributed by atoms with E-state index < -0.39 is 5.97 Å². The molecular formula is C13H18N2O3. The number of hydrogen-bond donors (Lipinski definition) is 2. The second-order valence-electron chi connectivity index (χ2n) is 4.82. The standard InChI is InChI=1S/C13H18N2O3/c1-8-5-6-15(11(8)7-16)12-4-3-10(13(17)18)9(2)14-12/h3-4,8,11,16H,5-7H2,1-2H3,(H,17,18). The second kappa shape index (κ2) is 4.94. The highest BCUT2D eigenvalue weighted by atomic mass is 16.4. The molecule has 0 saturated carbocycles. The van der Waals surface area contributed by atoms with Gasteiger partial charge in [0.25, 0.3) is 0 Å². The summed E-state index contributed by atoms with van der Waals surface area (Å²) in [5.41, 5.74) is 0.739. The molecule has 2 unspecified atom stereocenters. The predicted octanol–water partition coefficient (Wildman–Crippen LogP) is 1.30. The van der Waals surface area contributed by atoms with Gasteiger partial charge in [0.1, 0.15) is 5.82 Å². The zero-order valence-electron chi connectivity index (χ0n) is 10.6. The molecule has 0 bridgehead atoms. The molecule has 0 radical (unpaired) electrons. The van der Waals surface area contributed by atoms with Gasteiger partial charge in [0.05, 0.1) is 23.9 Å². The Morgan fingerprint density at radius 2 is 2.28 bits per heavy atom. The van der Waals surface area contributed by atoms with Gasteiger partial charge >= 0.3 is 5.97 Å². The van der Waals surface area contributed by atoms with E-state index in [-0.39, 0.29) is 18.2 Å². The summed E-state index contributed by atoms with van der Waals surface area (Å²) in [7, 11) is 0. The lowest BCUT2D eigenvalue weighted by Crippen LogP contribution is -2.35. The summed E-state index contributed by atoms with van der Waals surface area (Å²) < 4.78 is 0. The first-order valence-corrected chi connectivity index (χ1v) is 6.13. The van der Waals surface area contributed by atoms with Gasteiger partial charge in [-0.25, -0.2) is 9.78 Å². The van der Waals surface area contributed by atoms with Gasteiger partial charge < -0.3 is 15.1 Å². The Balaban J connectivity index is 2.29. The topological polar surface area (TPSA) is 73.7 Å². The van der Waals surface area contributed by atoms with E-state index in [1.54, 1.807) is 19.1 Å². The first-order valence-electron chi connectivity index (χ1n) is 6.13. The Kier molecular flexibility index (Phi) is 3.52. The van der Waals surface area contributed by atoms with Crippen molar-refractivity contribution in [1.29, 1.82) is 0 Å². The number of rotatable bonds is 3. The molecule has 1 aliphatic heterocycles. The summed E-state index contributed by atoms with van der Waals surface area (Å²) in [6.07, 6.45) is 1.02. The fraction of sp³-hybridized carbons (Fsp3) is 0.538. The quantitative estimate of drug-likeness (QED) is 0.845. The number of carboxylic acids is 1. The number of aromatic carboxylic acids is 1. The van der Waals surface area contributed by atoms with Crippen molar-refractivity contribution in [2.24, 2.45) is 5.92 Å². The number of carboxylic acid groups (broad SMARTS) is 1. The molecule has 1 fully saturated rings. The molecule has 98 valence electrons. The molecule has 2 N–H and O–H groups in total. The molecule has 0 amide bonds. The van der Waals surface area contributed by atoms with Crippen LogP contribution in [0.3, 0.4) is 0 Å². The molecule has 1 aliphatic rings. The van der Waals surface area contributed by atoms with Crippen molar-refractivity contribution in [2.45, 2.75) is 26.3 Å². The van der Waals surface area contributed by atoms with Crippen molar-refractivity contribution in [3.05, 3.63) is 23.4 Å². The van der Waals surface area contributed by atoms with E-state index in [1.807, 2.05) is 0 Å². The van der Waals surface area contributed by atoms with Gasteiger partial charge in [0, 0.05) is 6.54 Å². The van der Waals surface area contributed by atoms with Gasteiger partial charge in [-0.3, -0.25) is 0 Å². The lowest BCUT2D eigenvalue weighted by atomic mass is 10.0. The largest absolute Gasteiger partial charge is 0.478 e. The third-order valence-electron chi connectivity index (χ3n) is 3.67. The van der Waals surface area contributed by atoms with Crippen LogP contribution in [-0.4, -0.2) is 40.4 Å². The minimum Gasteiger partial charge on any atom is -0.478 e. The normalized spacial score (nSPS) is 23.4. The van der Waals surface area contributed by atoms with E-state index >= 15 is 0 Å². The molecule has 0 spiro atoms. The molecule has 5 nitrogen and oxygen atoms in total. The number of aryl methyl sites for hydroxylation is 1. The molecule has 0 aliphatic carbocycles. The van der Waals surface area contributed by atoms with Gasteiger partial charge in [-0.15, -0.1) is 0 Å². The van der Waals surface area contributed by atoms with Gasteiger partial charge in [0.15, 0.2) is 0 Å². The maximum Gasteiger partial charge on any atom is 0.337 e. The van der Waals surface area contributed by atoms with E-state index in [0.29, 0.717) is 11.6 Å². The first kappa shape index (κ1) is 12.8. The molecule has 1 aromatic rings. The van der Waals surface area contributed by atoms with Crippen LogP contribution in [0.25, 0.3) is 0 Å². The maximum absolute atomic E-state index is 10.9. The van der Waals surface area contributed by atoms with Crippen LogP contribution in [-0.2, 0) is 0 Å². The molecule has 1 aromatic heterocycles. The number of pyridine rings is 1. The van der Waals surface area contributed by atoms with Gasteiger partial charge in [-0.1, -0.05) is 6.92 Å². The van der Waals surface area contributed by atoms with E-state index in [0.717, 1.165) is 18.8 Å². The summed E-state index contributed by atoms with van der Waals surface area (Å²) in [6.45, 7) is 4.76. The van der Waals surface area contributed by atoms with Crippen LogP contribution in [0, 0.1) is 12.8 Å². The van der Waals surface area contributed by atoms with E-state index in [4.69, 9.17) is 5.11 Å². The Hall–Kier alpha value is -1.62. The van der Waals surface area contributed by atoms with Crippen molar-refractivity contribution >= 4 is 11.8 Å². The molecule has 18 heavy (non-hydrogen) atoms. The molecular weight excluding hydrogens is 232 g/mol. The second-order valence-corrected chi connectivity index (χ2v) is 4.82. The molecule has 2 heterocycles. The maximum atomic E-state index is 10.9. The Labute approximate surface area is 106 Å². The first-order chi connectivity index (χ1) is 8.54. The van der Waals surface area contributed by atoms with Gasteiger partial charge in [-0.2, -0.15) is 0 Å². The van der Waals surface area contributed by atoms with Gasteiger partial charge in [0.2, 0.25) is 0 Å². The van der Waals surface area contributed by atoms with Crippen LogP contribution in [0.1, 0.15) is 29.4 Å². The predicted molar refractivity (Wildman–Crippen MR) is 67.9 cm³/mol. The number of nitrogens with zero attached hydrogens (tertiary/aromatic N) is 2. The van der Waals surface area contributed by atoms with Crippen LogP contribution in [0.15, 0.2) is 12.1 Å². The van der Waals surface area contributed by atoms with Crippen LogP contribution in [0.2, 0.25) is 0 Å². The molecule has 5 heteroatoms. The highest BCUT2D eigenvalue weighted by Gasteiger charge is 2.31. The molecule has 2 rings (SSSR count). The van der Waals surface area contributed by atoms with Crippen molar-refractivity contribution in [3.63, 3.8) is 0 Å². The average Bonchev–Trinajstić information content (AvgIpc) is 2.69. The monoisotopic (exact) mass is 250 g/mol. The zero-order valence-corrected chi connectivity index (χ0v) is 10.6. The zero-order chi connectivity index (χ0) is 13.3. The smallest absolute Gasteiger partial charge is 0.337 e. The van der Waals surface area contributed by atoms with E-state index in [1.165, 1.54) is 0 Å². The minimum absolute atomic E-state index is 0.0765. The fourth-order valence-corrected chi connectivity index (χ4v) is 2.50. The Morgan fingerprint density at radius 1 is 1.56 bits per heavy atom. The van der Waals surface area contributed by atoms with Crippen molar-refractivity contribution in [2.75, 3.05) is 18.1 Å². The fourth-order valence-electron chi connectivity index (χ4n) is 2.50. The lowest BCUT2D eigenvalue weighted by molar-refractivity contribution is 0.0695. The number of aliphatic hydroxyl groups is 1. The number of anilines is 1. The lowest BCUT2D eigenvalue weighted by Gasteiger charge is -2.26.